The van der Waals surface area contributed by atoms with Gasteiger partial charge in [0, 0.05) is 13.1 Å². The first-order valence-electron chi connectivity index (χ1n) is 8.69. The van der Waals surface area contributed by atoms with Crippen molar-refractivity contribution in [2.24, 2.45) is 4.99 Å². The van der Waals surface area contributed by atoms with Crippen molar-refractivity contribution >= 4 is 29.9 Å². The minimum Gasteiger partial charge on any atom is -0.493 e. The van der Waals surface area contributed by atoms with Crippen molar-refractivity contribution in [3.8, 4) is 11.5 Å². The average molecular weight is 518 g/mol. The standard InChI is InChI=1S/C18H29F3N4O2.HI/c1-6-22-17(23-10-9-18(19,20)21)24-12-14(25(2)3)13-7-8-15(26-4)16(11-13)27-5;/h7-8,11,14H,6,9-10,12H2,1-5H3,(H2,22,23,24);1H. The Morgan fingerprint density at radius 1 is 1.14 bits per heavy atom. The Hall–Kier alpha value is -1.43. The highest BCUT2D eigenvalue weighted by atomic mass is 127. The second-order valence-corrected chi connectivity index (χ2v) is 6.11. The highest BCUT2D eigenvalue weighted by molar-refractivity contribution is 14.0. The van der Waals surface area contributed by atoms with Crippen LogP contribution >= 0.6 is 24.0 Å². The average Bonchev–Trinajstić information content (AvgIpc) is 2.60. The van der Waals surface area contributed by atoms with Crippen LogP contribution in [0.2, 0.25) is 0 Å². The Labute approximate surface area is 181 Å². The van der Waals surface area contributed by atoms with Crippen LogP contribution in [0.25, 0.3) is 0 Å². The molecule has 10 heteroatoms. The molecule has 0 saturated heterocycles. The van der Waals surface area contributed by atoms with E-state index >= 15 is 0 Å². The summed E-state index contributed by atoms with van der Waals surface area (Å²) >= 11 is 0. The largest absolute Gasteiger partial charge is 0.493 e. The lowest BCUT2D eigenvalue weighted by Gasteiger charge is -2.24. The molecule has 1 unspecified atom stereocenters. The predicted molar refractivity (Wildman–Crippen MR) is 116 cm³/mol. The first-order chi connectivity index (χ1) is 12.7. The lowest BCUT2D eigenvalue weighted by molar-refractivity contribution is -0.132. The maximum Gasteiger partial charge on any atom is 0.390 e. The van der Waals surface area contributed by atoms with E-state index in [1.165, 1.54) is 0 Å². The van der Waals surface area contributed by atoms with E-state index < -0.39 is 12.6 Å². The molecule has 0 bridgehead atoms. The summed E-state index contributed by atoms with van der Waals surface area (Å²) in [5, 5.41) is 5.68. The summed E-state index contributed by atoms with van der Waals surface area (Å²) in [6, 6.07) is 5.54. The normalized spacial score (nSPS) is 13.0. The SMILES string of the molecule is CCNC(=NCC(c1ccc(OC)c(OC)c1)N(C)C)NCCC(F)(F)F.I. The molecule has 0 radical (unpaired) electrons. The lowest BCUT2D eigenvalue weighted by atomic mass is 10.1. The Morgan fingerprint density at radius 3 is 2.29 bits per heavy atom. The van der Waals surface area contributed by atoms with E-state index in [4.69, 9.17) is 9.47 Å². The topological polar surface area (TPSA) is 58.1 Å². The number of nitrogens with one attached hydrogen (secondary N) is 2. The van der Waals surface area contributed by atoms with Crippen LogP contribution in [0.5, 0.6) is 11.5 Å². The number of aliphatic imine (C=N–C) groups is 1. The molecule has 6 nitrogen and oxygen atoms in total. The fourth-order valence-corrected chi connectivity index (χ4v) is 2.47. The van der Waals surface area contributed by atoms with Crippen LogP contribution in [0.3, 0.4) is 0 Å². The molecule has 162 valence electrons. The molecule has 28 heavy (non-hydrogen) atoms. The molecule has 0 aromatic heterocycles. The number of hydrogen-bond donors (Lipinski definition) is 2. The van der Waals surface area contributed by atoms with Crippen molar-refractivity contribution in [2.75, 3.05) is 47.9 Å². The van der Waals surface area contributed by atoms with Gasteiger partial charge >= 0.3 is 6.18 Å². The molecular formula is C18H30F3IN4O2. The molecule has 0 saturated carbocycles. The van der Waals surface area contributed by atoms with Crippen molar-refractivity contribution in [3.63, 3.8) is 0 Å². The van der Waals surface area contributed by atoms with Crippen molar-refractivity contribution in [1.82, 2.24) is 15.5 Å². The van der Waals surface area contributed by atoms with E-state index in [1.54, 1.807) is 14.2 Å². The fraction of sp³-hybridized carbons (Fsp3) is 0.611. The van der Waals surface area contributed by atoms with Crippen LogP contribution < -0.4 is 20.1 Å². The summed E-state index contributed by atoms with van der Waals surface area (Å²) in [6.07, 6.45) is -5.11. The van der Waals surface area contributed by atoms with Crippen LogP contribution in [0, 0.1) is 0 Å². The van der Waals surface area contributed by atoms with E-state index in [0.29, 0.717) is 30.5 Å². The number of likely N-dealkylation sites (N-methyl/N-ethyl adjacent to an activating group) is 1. The number of methoxy groups -OCH3 is 2. The molecule has 0 aliphatic rings. The van der Waals surface area contributed by atoms with Gasteiger partial charge in [-0.2, -0.15) is 13.2 Å². The van der Waals surface area contributed by atoms with Crippen LogP contribution in [0.15, 0.2) is 23.2 Å². The first kappa shape index (κ1) is 26.6. The quantitative estimate of drug-likeness (QED) is 0.298. The third-order valence-corrected chi connectivity index (χ3v) is 3.88. The molecule has 0 amide bonds. The molecule has 0 spiro atoms. The van der Waals surface area contributed by atoms with Gasteiger partial charge < -0.3 is 25.0 Å². The number of rotatable bonds is 9. The Morgan fingerprint density at radius 2 is 1.79 bits per heavy atom. The maximum absolute atomic E-state index is 12.3. The van der Waals surface area contributed by atoms with Crippen LogP contribution in [-0.4, -0.2) is 65.0 Å². The van der Waals surface area contributed by atoms with Gasteiger partial charge in [0.2, 0.25) is 0 Å². The monoisotopic (exact) mass is 518 g/mol. The van der Waals surface area contributed by atoms with Crippen molar-refractivity contribution in [1.29, 1.82) is 0 Å². The molecular weight excluding hydrogens is 488 g/mol. The number of guanidine groups is 1. The van der Waals surface area contributed by atoms with Crippen LogP contribution in [0.4, 0.5) is 13.2 Å². The van der Waals surface area contributed by atoms with Gasteiger partial charge in [-0.1, -0.05) is 6.07 Å². The van der Waals surface area contributed by atoms with Crippen molar-refractivity contribution < 1.29 is 22.6 Å². The van der Waals surface area contributed by atoms with Gasteiger partial charge in [-0.15, -0.1) is 24.0 Å². The maximum atomic E-state index is 12.3. The van der Waals surface area contributed by atoms with Gasteiger partial charge in [0.05, 0.1) is 33.2 Å². The van der Waals surface area contributed by atoms with E-state index in [0.717, 1.165) is 5.56 Å². The molecule has 0 aliphatic carbocycles. The third-order valence-electron chi connectivity index (χ3n) is 3.88. The van der Waals surface area contributed by atoms with E-state index in [1.807, 2.05) is 44.1 Å². The molecule has 1 aromatic rings. The second kappa shape index (κ2) is 12.9. The van der Waals surface area contributed by atoms with Gasteiger partial charge in [0.1, 0.15) is 0 Å². The second-order valence-electron chi connectivity index (χ2n) is 6.11. The molecule has 0 heterocycles. The van der Waals surface area contributed by atoms with E-state index in [9.17, 15) is 13.2 Å². The van der Waals surface area contributed by atoms with Crippen LogP contribution in [0.1, 0.15) is 24.9 Å². The summed E-state index contributed by atoms with van der Waals surface area (Å²) in [5.41, 5.74) is 0.965. The zero-order valence-electron chi connectivity index (χ0n) is 16.9. The minimum absolute atomic E-state index is 0. The van der Waals surface area contributed by atoms with Gasteiger partial charge in [-0.3, -0.25) is 4.99 Å². The Kier molecular flexibility index (Phi) is 12.3. The molecule has 1 rings (SSSR count). The number of nitrogens with zero attached hydrogens (tertiary/aromatic N) is 2. The van der Waals surface area contributed by atoms with Crippen molar-refractivity contribution in [2.45, 2.75) is 25.6 Å². The number of alkyl halides is 3. The molecule has 1 aromatic carbocycles. The zero-order valence-corrected chi connectivity index (χ0v) is 19.2. The van der Waals surface area contributed by atoms with Gasteiger partial charge in [-0.25, -0.2) is 0 Å². The highest BCUT2D eigenvalue weighted by Crippen LogP contribution is 2.31. The minimum atomic E-state index is -4.20. The third kappa shape index (κ3) is 9.18. The van der Waals surface area contributed by atoms with E-state index in [2.05, 4.69) is 15.6 Å². The van der Waals surface area contributed by atoms with Crippen molar-refractivity contribution in [3.05, 3.63) is 23.8 Å². The molecule has 0 fully saturated rings. The van der Waals surface area contributed by atoms with E-state index in [-0.39, 0.29) is 36.6 Å². The summed E-state index contributed by atoms with van der Waals surface area (Å²) < 4.78 is 47.6. The summed E-state index contributed by atoms with van der Waals surface area (Å²) in [6.45, 7) is 2.56. The molecule has 2 N–H and O–H groups in total. The summed E-state index contributed by atoms with van der Waals surface area (Å²) in [4.78, 5) is 6.43. The Bertz CT molecular complexity index is 613. The summed E-state index contributed by atoms with van der Waals surface area (Å²) in [7, 11) is 6.97. The Balaban J connectivity index is 0.00000729. The number of halogens is 4. The lowest BCUT2D eigenvalue weighted by Crippen LogP contribution is -2.39. The number of hydrogen-bond acceptors (Lipinski definition) is 4. The fourth-order valence-electron chi connectivity index (χ4n) is 2.47. The highest BCUT2D eigenvalue weighted by Gasteiger charge is 2.26. The van der Waals surface area contributed by atoms with Gasteiger partial charge in [-0.05, 0) is 38.7 Å². The number of ether oxygens (including phenoxy) is 2. The van der Waals surface area contributed by atoms with Crippen LogP contribution in [-0.2, 0) is 0 Å². The predicted octanol–water partition coefficient (Wildman–Crippen LogP) is 3.43. The van der Waals surface area contributed by atoms with Gasteiger partial charge in [0.25, 0.3) is 0 Å². The first-order valence-corrected chi connectivity index (χ1v) is 8.69. The smallest absolute Gasteiger partial charge is 0.390 e. The summed E-state index contributed by atoms with van der Waals surface area (Å²) in [5.74, 6) is 1.60. The molecule has 0 aliphatic heterocycles. The zero-order chi connectivity index (χ0) is 20.4. The number of benzene rings is 1. The molecule has 1 atom stereocenters. The van der Waals surface area contributed by atoms with Gasteiger partial charge in [0.15, 0.2) is 17.5 Å².